The lowest BCUT2D eigenvalue weighted by atomic mass is 10.1. The Bertz CT molecular complexity index is 954. The minimum Gasteiger partial charge on any atom is -0.288 e. The molecule has 0 atom stereocenters. The second kappa shape index (κ2) is 7.97. The van der Waals surface area contributed by atoms with E-state index in [0.717, 1.165) is 33.2 Å². The number of benzene rings is 1. The molecule has 0 unspecified atom stereocenters. The van der Waals surface area contributed by atoms with Crippen molar-refractivity contribution in [2.75, 3.05) is 10.7 Å². The number of aromatic nitrogens is 2. The molecule has 26 heavy (non-hydrogen) atoms. The van der Waals surface area contributed by atoms with Gasteiger partial charge in [0.2, 0.25) is 5.91 Å². The van der Waals surface area contributed by atoms with Crippen LogP contribution in [0.1, 0.15) is 23.7 Å². The van der Waals surface area contributed by atoms with Crippen molar-refractivity contribution in [3.63, 3.8) is 0 Å². The number of amides is 1. The number of thiazole rings is 1. The zero-order chi connectivity index (χ0) is 18.7. The van der Waals surface area contributed by atoms with Crippen LogP contribution in [0, 0.1) is 13.8 Å². The maximum atomic E-state index is 12.8. The van der Waals surface area contributed by atoms with E-state index < -0.39 is 0 Å². The molecule has 0 saturated carbocycles. The lowest BCUT2D eigenvalue weighted by Crippen LogP contribution is -2.32. The Kier molecular flexibility index (Phi) is 5.68. The quantitative estimate of drug-likeness (QED) is 0.661. The summed E-state index contributed by atoms with van der Waals surface area (Å²) in [7, 11) is 0. The van der Waals surface area contributed by atoms with Crippen LogP contribution in [0.25, 0.3) is 10.2 Å². The Morgan fingerprint density at radius 3 is 2.69 bits per heavy atom. The fraction of sp³-hybridized carbons (Fsp3) is 0.263. The number of thioether (sulfide) groups is 1. The van der Waals surface area contributed by atoms with Crippen molar-refractivity contribution in [1.82, 2.24) is 9.97 Å². The number of pyridine rings is 1. The summed E-state index contributed by atoms with van der Waals surface area (Å²) in [5.41, 5.74) is 3.99. The highest BCUT2D eigenvalue weighted by Crippen LogP contribution is 2.32. The van der Waals surface area contributed by atoms with Gasteiger partial charge in [-0.1, -0.05) is 35.2 Å². The maximum Gasteiger partial charge on any atom is 0.239 e. The van der Waals surface area contributed by atoms with Gasteiger partial charge in [0, 0.05) is 13.1 Å². The van der Waals surface area contributed by atoms with Gasteiger partial charge in [-0.2, -0.15) is 0 Å². The molecule has 5 nitrogen and oxygen atoms in total. The van der Waals surface area contributed by atoms with Gasteiger partial charge < -0.3 is 0 Å². The van der Waals surface area contributed by atoms with Gasteiger partial charge in [-0.3, -0.25) is 19.5 Å². The van der Waals surface area contributed by atoms with Crippen LogP contribution >= 0.6 is 23.1 Å². The van der Waals surface area contributed by atoms with E-state index in [1.165, 1.54) is 23.8 Å². The first kappa shape index (κ1) is 18.5. The molecule has 134 valence electrons. The topological polar surface area (TPSA) is 63.2 Å². The summed E-state index contributed by atoms with van der Waals surface area (Å²) >= 11 is 2.49. The van der Waals surface area contributed by atoms with Crippen LogP contribution in [-0.4, -0.2) is 26.7 Å². The van der Waals surface area contributed by atoms with Crippen LogP contribution < -0.4 is 4.90 Å². The average Bonchev–Trinajstić information content (AvgIpc) is 3.06. The Morgan fingerprint density at radius 2 is 2.00 bits per heavy atom. The van der Waals surface area contributed by atoms with Crippen LogP contribution in [0.2, 0.25) is 0 Å². The third-order valence-electron chi connectivity index (χ3n) is 4.05. The first-order valence-electron chi connectivity index (χ1n) is 8.16. The summed E-state index contributed by atoms with van der Waals surface area (Å²) in [5.74, 6) is -0.0555. The third kappa shape index (κ3) is 4.11. The minimum atomic E-state index is -0.149. The van der Waals surface area contributed by atoms with Crippen LogP contribution in [0.4, 0.5) is 5.13 Å². The summed E-state index contributed by atoms with van der Waals surface area (Å²) in [6, 6.07) is 9.70. The van der Waals surface area contributed by atoms with Gasteiger partial charge in [0.05, 0.1) is 28.2 Å². The highest BCUT2D eigenvalue weighted by atomic mass is 32.2. The van der Waals surface area contributed by atoms with Crippen molar-refractivity contribution in [3.05, 3.63) is 53.3 Å². The fourth-order valence-electron chi connectivity index (χ4n) is 2.49. The largest absolute Gasteiger partial charge is 0.288 e. The molecule has 0 fully saturated rings. The van der Waals surface area contributed by atoms with E-state index in [1.807, 2.05) is 38.1 Å². The normalized spacial score (nSPS) is 10.9. The van der Waals surface area contributed by atoms with E-state index in [4.69, 9.17) is 4.98 Å². The molecule has 0 aliphatic heterocycles. The van der Waals surface area contributed by atoms with E-state index in [-0.39, 0.29) is 16.8 Å². The second-order valence-electron chi connectivity index (χ2n) is 5.93. The molecular weight excluding hydrogens is 366 g/mol. The molecule has 0 aliphatic carbocycles. The van der Waals surface area contributed by atoms with Gasteiger partial charge >= 0.3 is 0 Å². The molecule has 0 saturated heterocycles. The summed E-state index contributed by atoms with van der Waals surface area (Å²) in [6.45, 7) is 5.88. The van der Waals surface area contributed by atoms with E-state index in [9.17, 15) is 9.59 Å². The van der Waals surface area contributed by atoms with Gasteiger partial charge in [-0.15, -0.1) is 0 Å². The number of fused-ring (bicyclic) bond motifs is 1. The number of nitrogens with zero attached hydrogens (tertiary/aromatic N) is 3. The van der Waals surface area contributed by atoms with Crippen LogP contribution in [-0.2, 0) is 16.1 Å². The molecule has 2 aromatic heterocycles. The van der Waals surface area contributed by atoms with E-state index in [2.05, 4.69) is 11.1 Å². The molecule has 1 amide bonds. The number of hydrogen-bond acceptors (Lipinski definition) is 6. The Hall–Kier alpha value is -2.25. The smallest absolute Gasteiger partial charge is 0.239 e. The fourth-order valence-corrected chi connectivity index (χ4v) is 4.01. The third-order valence-corrected chi connectivity index (χ3v) is 5.89. The van der Waals surface area contributed by atoms with Crippen molar-refractivity contribution < 1.29 is 9.59 Å². The van der Waals surface area contributed by atoms with Gasteiger partial charge in [-0.25, -0.2) is 4.98 Å². The van der Waals surface area contributed by atoms with E-state index >= 15 is 0 Å². The van der Waals surface area contributed by atoms with Crippen molar-refractivity contribution in [2.24, 2.45) is 0 Å². The average molecular weight is 386 g/mol. The lowest BCUT2D eigenvalue weighted by molar-refractivity contribution is -0.116. The van der Waals surface area contributed by atoms with Crippen molar-refractivity contribution >= 4 is 49.5 Å². The predicted octanol–water partition coefficient (Wildman–Crippen LogP) is 4.12. The minimum absolute atomic E-state index is 0.0769. The lowest BCUT2D eigenvalue weighted by Gasteiger charge is -2.19. The Labute approximate surface area is 160 Å². The number of carbonyl (C=O) groups excluding carboxylic acids is 2. The Morgan fingerprint density at radius 1 is 1.19 bits per heavy atom. The highest BCUT2D eigenvalue weighted by molar-refractivity contribution is 8.14. The predicted molar refractivity (Wildman–Crippen MR) is 108 cm³/mol. The zero-order valence-corrected chi connectivity index (χ0v) is 16.5. The maximum absolute atomic E-state index is 12.8. The van der Waals surface area contributed by atoms with Gasteiger partial charge in [-0.05, 0) is 43.2 Å². The van der Waals surface area contributed by atoms with Crippen molar-refractivity contribution in [2.45, 2.75) is 27.3 Å². The number of anilines is 1. The van der Waals surface area contributed by atoms with Gasteiger partial charge in [0.1, 0.15) is 0 Å². The molecule has 3 aromatic rings. The second-order valence-corrected chi connectivity index (χ2v) is 8.09. The monoisotopic (exact) mass is 385 g/mol. The zero-order valence-electron chi connectivity index (χ0n) is 14.9. The van der Waals surface area contributed by atoms with Crippen LogP contribution in [0.5, 0.6) is 0 Å². The molecule has 0 aliphatic rings. The van der Waals surface area contributed by atoms with E-state index in [0.29, 0.717) is 11.7 Å². The molecule has 7 heteroatoms. The first-order chi connectivity index (χ1) is 12.5. The molecule has 0 spiro atoms. The summed E-state index contributed by atoms with van der Waals surface area (Å²) in [5, 5.41) is 0.556. The molecule has 1 aromatic carbocycles. The molecule has 0 bridgehead atoms. The Balaban J connectivity index is 1.97. The van der Waals surface area contributed by atoms with Gasteiger partial charge in [0.15, 0.2) is 10.2 Å². The summed E-state index contributed by atoms with van der Waals surface area (Å²) in [4.78, 5) is 34.7. The summed E-state index contributed by atoms with van der Waals surface area (Å²) < 4.78 is 1.04. The van der Waals surface area contributed by atoms with Crippen LogP contribution in [0.15, 0.2) is 36.5 Å². The standard InChI is InChI=1S/C19H19N3O2S2/c1-12-7-8-16-18(13(12)2)21-19(26-16)22(17(24)11-25-14(3)23)10-15-6-4-5-9-20-15/h4-9H,10-11H2,1-3H3. The molecule has 0 radical (unpaired) electrons. The number of aryl methyl sites for hydroxylation is 2. The molecular formula is C19H19N3O2S2. The number of rotatable bonds is 5. The molecule has 2 heterocycles. The van der Waals surface area contributed by atoms with E-state index in [1.54, 1.807) is 11.1 Å². The number of hydrogen-bond donors (Lipinski definition) is 0. The van der Waals surface area contributed by atoms with Gasteiger partial charge in [0.25, 0.3) is 0 Å². The SMILES string of the molecule is CC(=O)SCC(=O)N(Cc1ccccn1)c1nc2c(C)c(C)ccc2s1. The van der Waals surface area contributed by atoms with Crippen molar-refractivity contribution in [3.8, 4) is 0 Å². The number of carbonyl (C=O) groups is 2. The molecule has 0 N–H and O–H groups in total. The first-order valence-corrected chi connectivity index (χ1v) is 9.96. The molecule has 3 rings (SSSR count). The summed E-state index contributed by atoms with van der Waals surface area (Å²) in [6.07, 6.45) is 1.70. The van der Waals surface area contributed by atoms with Crippen LogP contribution in [0.3, 0.4) is 0 Å². The van der Waals surface area contributed by atoms with Crippen molar-refractivity contribution in [1.29, 1.82) is 0 Å². The highest BCUT2D eigenvalue weighted by Gasteiger charge is 2.22.